The Morgan fingerprint density at radius 3 is 2.58 bits per heavy atom. The summed E-state index contributed by atoms with van der Waals surface area (Å²) in [6.07, 6.45) is -4.15. The third kappa shape index (κ3) is 2.73. The monoisotopic (exact) mass is 358 g/mol. The number of alkyl halides is 3. The molecule has 0 atom stereocenters. The predicted octanol–water partition coefficient (Wildman–Crippen LogP) is 3.76. The number of aromatic amines is 1. The highest BCUT2D eigenvalue weighted by atomic mass is 19.4. The van der Waals surface area contributed by atoms with Gasteiger partial charge in [0.2, 0.25) is 0 Å². The molecule has 0 saturated heterocycles. The van der Waals surface area contributed by atoms with Gasteiger partial charge >= 0.3 is 6.18 Å². The number of H-pyrrole nitrogens is 1. The third-order valence-corrected chi connectivity index (χ3v) is 4.19. The minimum absolute atomic E-state index is 0.109. The quantitative estimate of drug-likeness (QED) is 0.607. The first-order chi connectivity index (χ1) is 12.5. The molecule has 0 spiro atoms. The average Bonchev–Trinajstić information content (AvgIpc) is 3.05. The summed E-state index contributed by atoms with van der Waals surface area (Å²) in [7, 11) is 0. The van der Waals surface area contributed by atoms with Crippen molar-refractivity contribution in [1.82, 2.24) is 19.7 Å². The van der Waals surface area contributed by atoms with Gasteiger partial charge in [0.05, 0.1) is 22.3 Å². The molecule has 4 aromatic rings. The molecule has 3 aromatic heterocycles. The number of nitrogens with one attached hydrogen (secondary N) is 1. The van der Waals surface area contributed by atoms with E-state index in [1.165, 1.54) is 4.57 Å². The molecule has 0 saturated carbocycles. The van der Waals surface area contributed by atoms with Crippen LogP contribution in [0, 0.1) is 0 Å². The maximum absolute atomic E-state index is 13.1. The van der Waals surface area contributed by atoms with Crippen molar-refractivity contribution in [3.05, 3.63) is 64.7 Å². The lowest BCUT2D eigenvalue weighted by molar-refractivity contribution is -0.134. The molecule has 0 amide bonds. The average molecular weight is 358 g/mol. The van der Waals surface area contributed by atoms with E-state index in [1.807, 2.05) is 6.07 Å². The van der Waals surface area contributed by atoms with Gasteiger partial charge in [-0.15, -0.1) is 0 Å². The highest BCUT2D eigenvalue weighted by Gasteiger charge is 2.28. The van der Waals surface area contributed by atoms with E-state index < -0.39 is 18.2 Å². The molecule has 1 aromatic carbocycles. The van der Waals surface area contributed by atoms with Crippen molar-refractivity contribution in [2.45, 2.75) is 19.0 Å². The summed E-state index contributed by atoms with van der Waals surface area (Å²) >= 11 is 0. The molecule has 1 N–H and O–H groups in total. The van der Waals surface area contributed by atoms with Gasteiger partial charge in [0.1, 0.15) is 5.65 Å². The van der Waals surface area contributed by atoms with E-state index in [2.05, 4.69) is 15.2 Å². The Morgan fingerprint density at radius 2 is 1.85 bits per heavy atom. The van der Waals surface area contributed by atoms with E-state index >= 15 is 0 Å². The number of rotatable bonds is 3. The van der Waals surface area contributed by atoms with Gasteiger partial charge in [0, 0.05) is 24.4 Å². The number of hydrogen-bond donors (Lipinski definition) is 1. The SMILES string of the molecule is O=c1c2c(CCC(F)(F)F)n[nH]c2c2cccnc2n1-c1ccccc1. The van der Waals surface area contributed by atoms with Crippen LogP contribution in [0.2, 0.25) is 0 Å². The zero-order valence-electron chi connectivity index (χ0n) is 13.4. The Labute approximate surface area is 145 Å². The molecular formula is C18H13F3N4O. The number of aryl methyl sites for hydroxylation is 1. The molecule has 0 aliphatic rings. The fourth-order valence-electron chi connectivity index (χ4n) is 3.04. The van der Waals surface area contributed by atoms with Crippen molar-refractivity contribution in [3.8, 4) is 5.69 Å². The minimum Gasteiger partial charge on any atom is -0.277 e. The molecule has 0 fully saturated rings. The van der Waals surface area contributed by atoms with Crippen molar-refractivity contribution < 1.29 is 13.2 Å². The van der Waals surface area contributed by atoms with Crippen LogP contribution in [0.4, 0.5) is 13.2 Å². The molecule has 4 rings (SSSR count). The zero-order chi connectivity index (χ0) is 18.3. The number of nitrogens with zero attached hydrogens (tertiary/aromatic N) is 3. The van der Waals surface area contributed by atoms with Crippen molar-refractivity contribution in [3.63, 3.8) is 0 Å². The van der Waals surface area contributed by atoms with E-state index in [0.29, 0.717) is 22.2 Å². The van der Waals surface area contributed by atoms with Crippen LogP contribution in [0.1, 0.15) is 12.1 Å². The Balaban J connectivity index is 2.03. The summed E-state index contributed by atoms with van der Waals surface area (Å²) in [4.78, 5) is 17.4. The highest BCUT2D eigenvalue weighted by molar-refractivity contribution is 6.03. The summed E-state index contributed by atoms with van der Waals surface area (Å²) in [6, 6.07) is 12.3. The lowest BCUT2D eigenvalue weighted by Crippen LogP contribution is -2.20. The highest BCUT2D eigenvalue weighted by Crippen LogP contribution is 2.27. The summed E-state index contributed by atoms with van der Waals surface area (Å²) < 4.78 is 39.2. The number of fused-ring (bicyclic) bond motifs is 3. The Bertz CT molecular complexity index is 1150. The van der Waals surface area contributed by atoms with E-state index in [0.717, 1.165) is 0 Å². The topological polar surface area (TPSA) is 63.6 Å². The molecule has 8 heteroatoms. The van der Waals surface area contributed by atoms with E-state index in [-0.39, 0.29) is 17.5 Å². The van der Waals surface area contributed by atoms with Gasteiger partial charge in [-0.25, -0.2) is 4.98 Å². The number of para-hydroxylation sites is 1. The van der Waals surface area contributed by atoms with Crippen molar-refractivity contribution >= 4 is 21.9 Å². The molecule has 0 aliphatic carbocycles. The molecule has 132 valence electrons. The largest absolute Gasteiger partial charge is 0.389 e. The fourth-order valence-corrected chi connectivity index (χ4v) is 3.04. The van der Waals surface area contributed by atoms with Gasteiger partial charge in [-0.2, -0.15) is 18.3 Å². The normalized spacial score (nSPS) is 12.1. The first kappa shape index (κ1) is 16.3. The molecule has 0 radical (unpaired) electrons. The van der Waals surface area contributed by atoms with Gasteiger partial charge < -0.3 is 0 Å². The van der Waals surface area contributed by atoms with Crippen LogP contribution in [0.25, 0.3) is 27.6 Å². The van der Waals surface area contributed by atoms with Crippen LogP contribution in [-0.2, 0) is 6.42 Å². The van der Waals surface area contributed by atoms with Gasteiger partial charge in [-0.05, 0) is 24.3 Å². The first-order valence-corrected chi connectivity index (χ1v) is 7.94. The lowest BCUT2D eigenvalue weighted by Gasteiger charge is -2.10. The smallest absolute Gasteiger partial charge is 0.277 e. The van der Waals surface area contributed by atoms with Crippen molar-refractivity contribution in [2.24, 2.45) is 0 Å². The number of benzene rings is 1. The molecule has 26 heavy (non-hydrogen) atoms. The Morgan fingerprint density at radius 1 is 1.08 bits per heavy atom. The van der Waals surface area contributed by atoms with Gasteiger partial charge in [0.25, 0.3) is 5.56 Å². The van der Waals surface area contributed by atoms with Gasteiger partial charge in [-0.1, -0.05) is 18.2 Å². The van der Waals surface area contributed by atoms with Crippen LogP contribution in [0.15, 0.2) is 53.5 Å². The first-order valence-electron chi connectivity index (χ1n) is 7.94. The van der Waals surface area contributed by atoms with E-state index in [1.54, 1.807) is 42.6 Å². The second-order valence-corrected chi connectivity index (χ2v) is 5.89. The van der Waals surface area contributed by atoms with Crippen LogP contribution in [0.3, 0.4) is 0 Å². The van der Waals surface area contributed by atoms with Crippen LogP contribution >= 0.6 is 0 Å². The number of pyridine rings is 2. The molecule has 0 aliphatic heterocycles. The molecular weight excluding hydrogens is 345 g/mol. The number of aromatic nitrogens is 4. The maximum atomic E-state index is 13.1. The standard InChI is InChI=1S/C18H13F3N4O/c19-18(20,21)9-8-13-14-15(24-23-13)12-7-4-10-22-16(12)25(17(14)26)11-5-2-1-3-6-11/h1-7,10H,8-9H2,(H,23,24). The molecule has 3 heterocycles. The summed E-state index contributed by atoms with van der Waals surface area (Å²) in [5.41, 5.74) is 1.08. The van der Waals surface area contributed by atoms with E-state index in [9.17, 15) is 18.0 Å². The van der Waals surface area contributed by atoms with Gasteiger partial charge in [0.15, 0.2) is 0 Å². The van der Waals surface area contributed by atoms with Crippen molar-refractivity contribution in [1.29, 1.82) is 0 Å². The second kappa shape index (κ2) is 5.98. The van der Waals surface area contributed by atoms with Crippen molar-refractivity contribution in [2.75, 3.05) is 0 Å². The second-order valence-electron chi connectivity index (χ2n) is 5.89. The summed E-state index contributed by atoms with van der Waals surface area (Å²) in [5, 5.41) is 7.48. The fraction of sp³-hybridized carbons (Fsp3) is 0.167. The Hall–Kier alpha value is -3.16. The number of halogens is 3. The molecule has 0 unspecified atom stereocenters. The lowest BCUT2D eigenvalue weighted by atomic mass is 10.1. The van der Waals surface area contributed by atoms with Crippen LogP contribution in [0.5, 0.6) is 0 Å². The summed E-state index contributed by atoms with van der Waals surface area (Å²) in [6.45, 7) is 0. The maximum Gasteiger partial charge on any atom is 0.389 e. The predicted molar refractivity (Wildman–Crippen MR) is 91.4 cm³/mol. The molecule has 0 bridgehead atoms. The van der Waals surface area contributed by atoms with Crippen LogP contribution < -0.4 is 5.56 Å². The van der Waals surface area contributed by atoms with Crippen LogP contribution in [-0.4, -0.2) is 25.9 Å². The number of hydrogen-bond acceptors (Lipinski definition) is 3. The van der Waals surface area contributed by atoms with Gasteiger partial charge in [-0.3, -0.25) is 14.5 Å². The molecule has 5 nitrogen and oxygen atoms in total. The van der Waals surface area contributed by atoms with E-state index in [4.69, 9.17) is 0 Å². The third-order valence-electron chi connectivity index (χ3n) is 4.19. The Kier molecular flexibility index (Phi) is 3.75. The zero-order valence-corrected chi connectivity index (χ0v) is 13.4. The minimum atomic E-state index is -4.32. The summed E-state index contributed by atoms with van der Waals surface area (Å²) in [5.74, 6) is 0.